The Bertz CT molecular complexity index is 575. The van der Waals surface area contributed by atoms with Crippen LogP contribution in [-0.4, -0.2) is 51.6 Å². The van der Waals surface area contributed by atoms with Gasteiger partial charge in [0, 0.05) is 30.6 Å². The Balaban J connectivity index is 2.73. The van der Waals surface area contributed by atoms with E-state index in [1.807, 2.05) is 13.8 Å². The zero-order valence-corrected chi connectivity index (χ0v) is 17.2. The van der Waals surface area contributed by atoms with Crippen molar-refractivity contribution < 1.29 is 28.5 Å². The number of ether oxygens (including phenoxy) is 4. The molecule has 2 unspecified atom stereocenters. The lowest BCUT2D eigenvalue weighted by Gasteiger charge is -2.13. The van der Waals surface area contributed by atoms with Crippen LogP contribution in [-0.2, 0) is 18.9 Å². The van der Waals surface area contributed by atoms with Crippen molar-refractivity contribution in [3.05, 3.63) is 32.9 Å². The van der Waals surface area contributed by atoms with Gasteiger partial charge in [0.15, 0.2) is 0 Å². The Kier molecular flexibility index (Phi) is 9.99. The van der Waals surface area contributed by atoms with E-state index >= 15 is 0 Å². The molecule has 1 aromatic carbocycles. The van der Waals surface area contributed by atoms with Crippen molar-refractivity contribution in [1.82, 2.24) is 0 Å². The Hall–Kier alpha value is -1.19. The second-order valence-electron chi connectivity index (χ2n) is 5.63. The van der Waals surface area contributed by atoms with Crippen LogP contribution in [0.5, 0.6) is 0 Å². The molecule has 0 heterocycles. The Labute approximate surface area is 162 Å². The number of hydrogen-bond donors (Lipinski definition) is 0. The van der Waals surface area contributed by atoms with E-state index in [1.165, 1.54) is 0 Å². The summed E-state index contributed by atoms with van der Waals surface area (Å²) in [7, 11) is 3.20. The maximum absolute atomic E-state index is 12.3. The van der Waals surface area contributed by atoms with Gasteiger partial charge in [0.1, 0.15) is 0 Å². The minimum Gasteiger partial charge on any atom is -0.462 e. The molecule has 0 bridgehead atoms. The van der Waals surface area contributed by atoms with Crippen LogP contribution in [0, 0.1) is 3.57 Å². The van der Waals surface area contributed by atoms with Crippen molar-refractivity contribution in [3.63, 3.8) is 0 Å². The van der Waals surface area contributed by atoms with E-state index in [0.29, 0.717) is 12.8 Å². The van der Waals surface area contributed by atoms with Crippen molar-refractivity contribution >= 4 is 34.5 Å². The molecule has 0 amide bonds. The summed E-state index contributed by atoms with van der Waals surface area (Å²) in [6.07, 6.45) is 1.16. The summed E-state index contributed by atoms with van der Waals surface area (Å²) in [6.45, 7) is 4.23. The van der Waals surface area contributed by atoms with Gasteiger partial charge in [-0.2, -0.15) is 0 Å². The summed E-state index contributed by atoms with van der Waals surface area (Å²) >= 11 is 2.08. The molecule has 0 aromatic heterocycles. The Morgan fingerprint density at radius 2 is 1.40 bits per heavy atom. The molecule has 0 radical (unpaired) electrons. The first kappa shape index (κ1) is 21.9. The topological polar surface area (TPSA) is 71.1 Å². The molecule has 0 saturated heterocycles. The summed E-state index contributed by atoms with van der Waals surface area (Å²) in [5.74, 6) is -1.09. The average molecular weight is 464 g/mol. The van der Waals surface area contributed by atoms with Gasteiger partial charge >= 0.3 is 11.9 Å². The van der Waals surface area contributed by atoms with Gasteiger partial charge in [-0.15, -0.1) is 0 Å². The van der Waals surface area contributed by atoms with Gasteiger partial charge in [0.2, 0.25) is 0 Å². The number of carbonyl (C=O) groups is 2. The molecule has 1 aromatic rings. The minimum atomic E-state index is -0.545. The van der Waals surface area contributed by atoms with Crippen molar-refractivity contribution in [2.45, 2.75) is 38.9 Å². The average Bonchev–Trinajstić information content (AvgIpc) is 2.60. The highest BCUT2D eigenvalue weighted by Gasteiger charge is 2.20. The molecule has 0 aliphatic carbocycles. The van der Waals surface area contributed by atoms with Crippen LogP contribution in [0.2, 0.25) is 0 Å². The summed E-state index contributed by atoms with van der Waals surface area (Å²) in [5, 5.41) is 0. The summed E-state index contributed by atoms with van der Waals surface area (Å²) < 4.78 is 21.6. The van der Waals surface area contributed by atoms with E-state index in [4.69, 9.17) is 18.9 Å². The molecular weight excluding hydrogens is 439 g/mol. The molecule has 0 spiro atoms. The van der Waals surface area contributed by atoms with Gasteiger partial charge in [-0.25, -0.2) is 9.59 Å². The van der Waals surface area contributed by atoms with E-state index in [-0.39, 0.29) is 36.5 Å². The van der Waals surface area contributed by atoms with Crippen molar-refractivity contribution in [2.24, 2.45) is 0 Å². The van der Waals surface area contributed by atoms with Gasteiger partial charge < -0.3 is 18.9 Å². The van der Waals surface area contributed by atoms with Crippen LogP contribution < -0.4 is 0 Å². The molecular formula is C18H25IO6. The largest absolute Gasteiger partial charge is 0.462 e. The van der Waals surface area contributed by atoms with Crippen LogP contribution in [0.25, 0.3) is 0 Å². The summed E-state index contributed by atoms with van der Waals surface area (Å²) in [6, 6.07) is 4.95. The van der Waals surface area contributed by atoms with Crippen molar-refractivity contribution in [2.75, 3.05) is 27.4 Å². The van der Waals surface area contributed by atoms with Crippen molar-refractivity contribution in [3.8, 4) is 0 Å². The first-order valence-electron chi connectivity index (χ1n) is 8.08. The fourth-order valence-corrected chi connectivity index (χ4v) is 2.38. The number of methoxy groups -OCH3 is 2. The third kappa shape index (κ3) is 7.70. The lowest BCUT2D eigenvalue weighted by molar-refractivity contribution is 0.0347. The van der Waals surface area contributed by atoms with Gasteiger partial charge in [0.05, 0.1) is 36.5 Å². The summed E-state index contributed by atoms with van der Waals surface area (Å²) in [5.41, 5.74) is 0.414. The van der Waals surface area contributed by atoms with Crippen LogP contribution >= 0.6 is 22.6 Å². The maximum Gasteiger partial charge on any atom is 0.339 e. The lowest BCUT2D eigenvalue weighted by atomic mass is 10.1. The Morgan fingerprint density at radius 3 is 1.88 bits per heavy atom. The molecule has 6 nitrogen and oxygen atoms in total. The molecule has 0 aliphatic heterocycles. The third-order valence-electron chi connectivity index (χ3n) is 3.74. The smallest absolute Gasteiger partial charge is 0.339 e. The van der Waals surface area contributed by atoms with Gasteiger partial charge in [-0.3, -0.25) is 0 Å². The first-order chi connectivity index (χ1) is 11.9. The van der Waals surface area contributed by atoms with Crippen molar-refractivity contribution in [1.29, 1.82) is 0 Å². The van der Waals surface area contributed by atoms with Crippen LogP contribution in [0.4, 0.5) is 0 Å². The molecule has 1 rings (SSSR count). The van der Waals surface area contributed by atoms with E-state index in [2.05, 4.69) is 22.6 Å². The Morgan fingerprint density at radius 1 is 0.920 bits per heavy atom. The maximum atomic E-state index is 12.3. The number of carbonyl (C=O) groups excluding carboxylic acids is 2. The molecule has 25 heavy (non-hydrogen) atoms. The molecule has 0 saturated carbocycles. The number of halogens is 1. The monoisotopic (exact) mass is 464 g/mol. The van der Waals surface area contributed by atoms with E-state index in [9.17, 15) is 9.59 Å². The van der Waals surface area contributed by atoms with Crippen LogP contribution in [0.1, 0.15) is 47.4 Å². The second-order valence-corrected chi connectivity index (χ2v) is 6.88. The lowest BCUT2D eigenvalue weighted by Crippen LogP contribution is -2.18. The van der Waals surface area contributed by atoms with E-state index in [0.717, 1.165) is 3.57 Å². The normalized spacial score (nSPS) is 13.2. The predicted octanol–water partition coefficient (Wildman–Crippen LogP) is 3.45. The minimum absolute atomic E-state index is 0.00303. The molecule has 0 fully saturated rings. The molecule has 0 N–H and O–H groups in total. The van der Waals surface area contributed by atoms with Crippen LogP contribution in [0.3, 0.4) is 0 Å². The molecule has 2 atom stereocenters. The SMILES string of the molecule is COC(C)CCOC(=O)c1ccc(I)cc1C(=O)OCCC(C)OC. The van der Waals surface area contributed by atoms with E-state index < -0.39 is 11.9 Å². The molecule has 0 aliphatic rings. The summed E-state index contributed by atoms with van der Waals surface area (Å²) in [4.78, 5) is 24.6. The highest BCUT2D eigenvalue weighted by Crippen LogP contribution is 2.17. The van der Waals surface area contributed by atoms with Gasteiger partial charge in [0.25, 0.3) is 0 Å². The van der Waals surface area contributed by atoms with Gasteiger partial charge in [-0.05, 0) is 54.6 Å². The molecule has 7 heteroatoms. The predicted molar refractivity (Wildman–Crippen MR) is 102 cm³/mol. The highest BCUT2D eigenvalue weighted by atomic mass is 127. The zero-order chi connectivity index (χ0) is 18.8. The number of esters is 2. The van der Waals surface area contributed by atoms with Crippen LogP contribution in [0.15, 0.2) is 18.2 Å². The molecule has 140 valence electrons. The number of hydrogen-bond acceptors (Lipinski definition) is 6. The fraction of sp³-hybridized carbons (Fsp3) is 0.556. The number of benzene rings is 1. The zero-order valence-electron chi connectivity index (χ0n) is 15.0. The third-order valence-corrected chi connectivity index (χ3v) is 4.41. The first-order valence-corrected chi connectivity index (χ1v) is 9.16. The number of rotatable bonds is 10. The van der Waals surface area contributed by atoms with E-state index in [1.54, 1.807) is 32.4 Å². The quantitative estimate of drug-likeness (QED) is 0.390. The van der Waals surface area contributed by atoms with Gasteiger partial charge in [-0.1, -0.05) is 0 Å². The highest BCUT2D eigenvalue weighted by molar-refractivity contribution is 14.1. The fourth-order valence-electron chi connectivity index (χ4n) is 1.89. The second kappa shape index (κ2) is 11.4. The standard InChI is InChI=1S/C18H25IO6/c1-12(22-3)7-9-24-17(20)15-6-5-14(19)11-16(15)18(21)25-10-8-13(2)23-4/h5-6,11-13H,7-10H2,1-4H3.